The highest BCUT2D eigenvalue weighted by atomic mass is 31.2. The molecule has 0 bridgehead atoms. The van der Waals surface area contributed by atoms with E-state index in [0.29, 0.717) is 0 Å². The molecule has 18 heteroatoms. The van der Waals surface area contributed by atoms with Crippen molar-refractivity contribution in [3.8, 4) is 0 Å². The Morgan fingerprint density at radius 2 is 1.05 bits per heavy atom. The van der Waals surface area contributed by atoms with Crippen molar-refractivity contribution in [1.29, 1.82) is 0 Å². The number of carbonyl (C=O) groups excluding carboxylic acids is 3. The molecule has 0 aromatic heterocycles. The normalized spacial score (nSPS) is 10.2. The summed E-state index contributed by atoms with van der Waals surface area (Å²) in [5.74, 6) is 0. The van der Waals surface area contributed by atoms with Gasteiger partial charge in [0.25, 0.3) is 0 Å². The Kier molecular flexibility index (Phi) is 8.60. The fourth-order valence-electron chi connectivity index (χ4n) is 0.315. The zero-order chi connectivity index (χ0) is 16.3. The lowest BCUT2D eigenvalue weighted by molar-refractivity contribution is -0.462. The third kappa shape index (κ3) is 8.52. The SMILES string of the molecule is O=C(OO)OOOP(=O)(OOC(=O)OO)OOC(=O)OO. The molecule has 0 fully saturated rings. The number of phosphoric acid groups is 1. The van der Waals surface area contributed by atoms with Crippen molar-refractivity contribution in [2.24, 2.45) is 0 Å². The minimum atomic E-state index is -5.33. The van der Waals surface area contributed by atoms with Crippen molar-refractivity contribution in [2.45, 2.75) is 0 Å². The van der Waals surface area contributed by atoms with Crippen LogP contribution in [0.1, 0.15) is 0 Å². The van der Waals surface area contributed by atoms with E-state index in [4.69, 9.17) is 15.8 Å². The van der Waals surface area contributed by atoms with E-state index in [1.54, 1.807) is 0 Å². The Balaban J connectivity index is 4.50. The standard InChI is InChI=1S/C3H3O17P/c4-1(11-7)14-17-20-21(10,18-15-2(5)12-8)19-16-3(6)13-9/h7-9H. The largest absolute Gasteiger partial charge is 0.578 e. The molecule has 0 aliphatic rings. The summed E-state index contributed by atoms with van der Waals surface area (Å²) in [6.07, 6.45) is -5.96. The van der Waals surface area contributed by atoms with Crippen LogP contribution in [0.4, 0.5) is 14.4 Å². The van der Waals surface area contributed by atoms with Crippen molar-refractivity contribution in [2.75, 3.05) is 0 Å². The summed E-state index contributed by atoms with van der Waals surface area (Å²) in [4.78, 5) is 49.5. The maximum atomic E-state index is 11.4. The molecule has 0 aromatic carbocycles. The van der Waals surface area contributed by atoms with Crippen molar-refractivity contribution in [1.82, 2.24) is 0 Å². The predicted octanol–water partition coefficient (Wildman–Crippen LogP) is 0.699. The minimum absolute atomic E-state index is 1.94. The van der Waals surface area contributed by atoms with Crippen LogP contribution >= 0.6 is 7.82 Å². The first-order valence-electron chi connectivity index (χ1n) is 3.78. The first-order chi connectivity index (χ1) is 9.86. The van der Waals surface area contributed by atoms with Gasteiger partial charge in [-0.2, -0.15) is 30.2 Å². The Hall–Kier alpha value is -2.24. The van der Waals surface area contributed by atoms with E-state index >= 15 is 0 Å². The zero-order valence-corrected chi connectivity index (χ0v) is 9.90. The maximum Gasteiger partial charge on any atom is 0.578 e. The highest BCUT2D eigenvalue weighted by Gasteiger charge is 2.38. The maximum absolute atomic E-state index is 11.4. The molecule has 17 nitrogen and oxygen atoms in total. The Labute approximate surface area is 111 Å². The second-order valence-corrected chi connectivity index (χ2v) is 3.35. The molecule has 0 amide bonds. The molecule has 0 unspecified atom stereocenters. The van der Waals surface area contributed by atoms with Gasteiger partial charge in [0.1, 0.15) is 0 Å². The lowest BCUT2D eigenvalue weighted by atomic mass is 11.4. The Morgan fingerprint density at radius 3 is 1.43 bits per heavy atom. The fourth-order valence-corrected chi connectivity index (χ4v) is 0.799. The molecule has 0 radical (unpaired) electrons. The average molecular weight is 342 g/mol. The summed E-state index contributed by atoms with van der Waals surface area (Å²) in [5, 5.41) is 26.6. The molecule has 0 atom stereocenters. The fraction of sp³-hybridized carbons (Fsp3) is 0. The third-order valence-corrected chi connectivity index (χ3v) is 1.60. The average Bonchev–Trinajstić information content (AvgIpc) is 2.50. The summed E-state index contributed by atoms with van der Waals surface area (Å²) in [7, 11) is -5.33. The second-order valence-electron chi connectivity index (χ2n) is 2.01. The summed E-state index contributed by atoms with van der Waals surface area (Å²) in [6.45, 7) is 0. The van der Waals surface area contributed by atoms with Gasteiger partial charge in [-0.3, -0.25) is 14.7 Å². The number of rotatable bonds is 7. The van der Waals surface area contributed by atoms with Gasteiger partial charge in [-0.25, -0.2) is 19.2 Å². The van der Waals surface area contributed by atoms with Crippen molar-refractivity contribution >= 4 is 26.3 Å². The lowest BCUT2D eigenvalue weighted by Gasteiger charge is -2.10. The van der Waals surface area contributed by atoms with Gasteiger partial charge in [0, 0.05) is 5.04 Å². The van der Waals surface area contributed by atoms with Crippen LogP contribution in [0.2, 0.25) is 0 Å². The zero-order valence-electron chi connectivity index (χ0n) is 9.00. The summed E-state index contributed by atoms with van der Waals surface area (Å²) >= 11 is 0. The molecule has 0 spiro atoms. The highest BCUT2D eigenvalue weighted by Crippen LogP contribution is 2.50. The van der Waals surface area contributed by atoms with Gasteiger partial charge in [0.15, 0.2) is 0 Å². The van der Waals surface area contributed by atoms with Crippen LogP contribution in [0, 0.1) is 0 Å². The quantitative estimate of drug-likeness (QED) is 0.250. The first-order valence-corrected chi connectivity index (χ1v) is 5.24. The van der Waals surface area contributed by atoms with Gasteiger partial charge in [-0.15, -0.1) is 0 Å². The van der Waals surface area contributed by atoms with Gasteiger partial charge >= 0.3 is 26.3 Å². The number of hydrogen-bond acceptors (Lipinski definition) is 17. The summed E-state index contributed by atoms with van der Waals surface area (Å²) in [6, 6.07) is 0. The topological polar surface area (TPSA) is 221 Å². The molecule has 21 heavy (non-hydrogen) atoms. The van der Waals surface area contributed by atoms with Gasteiger partial charge in [-0.05, 0) is 0 Å². The third-order valence-electron chi connectivity index (χ3n) is 0.841. The van der Waals surface area contributed by atoms with Crippen LogP contribution in [0.15, 0.2) is 0 Å². The Bertz CT molecular complexity index is 375. The molecule has 0 saturated heterocycles. The van der Waals surface area contributed by atoms with Crippen LogP contribution in [-0.2, 0) is 53.0 Å². The molecular weight excluding hydrogens is 339 g/mol. The van der Waals surface area contributed by atoms with Crippen LogP contribution in [0.25, 0.3) is 0 Å². The second kappa shape index (κ2) is 9.63. The predicted molar refractivity (Wildman–Crippen MR) is 42.5 cm³/mol. The van der Waals surface area contributed by atoms with E-state index in [1.165, 1.54) is 0 Å². The van der Waals surface area contributed by atoms with Crippen molar-refractivity contribution in [3.63, 3.8) is 0 Å². The lowest BCUT2D eigenvalue weighted by Crippen LogP contribution is -2.12. The molecule has 0 aliphatic heterocycles. The molecule has 122 valence electrons. The van der Waals surface area contributed by atoms with Gasteiger partial charge in [0.05, 0.1) is 0 Å². The monoisotopic (exact) mass is 342 g/mol. The van der Waals surface area contributed by atoms with Gasteiger partial charge in [-0.1, -0.05) is 14.0 Å². The molecule has 0 aliphatic carbocycles. The molecular formula is C3H3O17P. The molecule has 3 N–H and O–H groups in total. The molecule has 0 saturated carbocycles. The van der Waals surface area contributed by atoms with Crippen LogP contribution < -0.4 is 0 Å². The summed E-state index contributed by atoms with van der Waals surface area (Å²) < 4.78 is 22.0. The van der Waals surface area contributed by atoms with E-state index < -0.39 is 26.3 Å². The van der Waals surface area contributed by atoms with E-state index in [2.05, 4.69) is 48.4 Å². The van der Waals surface area contributed by atoms with Crippen molar-refractivity contribution in [3.05, 3.63) is 0 Å². The van der Waals surface area contributed by atoms with Crippen molar-refractivity contribution < 1.29 is 83.1 Å². The summed E-state index contributed by atoms with van der Waals surface area (Å²) in [5.41, 5.74) is 0. The number of carbonyl (C=O) groups is 3. The van der Waals surface area contributed by atoms with E-state index in [-0.39, 0.29) is 0 Å². The van der Waals surface area contributed by atoms with E-state index in [0.717, 1.165) is 0 Å². The number of hydrogen-bond donors (Lipinski definition) is 3. The smallest absolute Gasteiger partial charge is 0.260 e. The highest BCUT2D eigenvalue weighted by molar-refractivity contribution is 7.48. The first kappa shape index (κ1) is 18.8. The minimum Gasteiger partial charge on any atom is -0.260 e. The molecule has 0 aromatic rings. The molecule has 0 heterocycles. The molecule has 0 rings (SSSR count). The van der Waals surface area contributed by atoms with E-state index in [1.807, 2.05) is 0 Å². The Morgan fingerprint density at radius 1 is 0.667 bits per heavy atom. The van der Waals surface area contributed by atoms with Crippen LogP contribution in [0.5, 0.6) is 0 Å². The van der Waals surface area contributed by atoms with Crippen LogP contribution in [0.3, 0.4) is 0 Å². The van der Waals surface area contributed by atoms with Gasteiger partial charge in [0.2, 0.25) is 0 Å². The van der Waals surface area contributed by atoms with Gasteiger partial charge < -0.3 is 0 Å². The van der Waals surface area contributed by atoms with Crippen LogP contribution in [-0.4, -0.2) is 34.2 Å². The van der Waals surface area contributed by atoms with E-state index in [9.17, 15) is 18.9 Å².